The van der Waals surface area contributed by atoms with Crippen molar-refractivity contribution < 1.29 is 49.0 Å². The lowest BCUT2D eigenvalue weighted by Gasteiger charge is -2.66. The zero-order valence-electron chi connectivity index (χ0n) is 22.3. The Morgan fingerprint density at radius 1 is 0.750 bits per heavy atom. The molecule has 3 aliphatic heterocycles. The predicted molar refractivity (Wildman–Crippen MR) is 124 cm³/mol. The Hall–Kier alpha value is -1.38. The third-order valence-corrected chi connectivity index (χ3v) is 7.96. The number of primary amides is 2. The molecule has 2 amide bonds. The highest BCUT2D eigenvalue weighted by Gasteiger charge is 2.76. The molecule has 0 radical (unpaired) electrons. The second kappa shape index (κ2) is 8.57. The molecule has 208 valence electrons. The third kappa shape index (κ3) is 4.35. The molecule has 0 aromatic rings. The Kier molecular flexibility index (Phi) is 6.94. The van der Waals surface area contributed by atoms with E-state index in [0.29, 0.717) is 0 Å². The molecular weight excluding hydrogens is 476 g/mol. The molecule has 12 heteroatoms. The van der Waals surface area contributed by atoms with Crippen LogP contribution in [0.5, 0.6) is 0 Å². The second-order valence-corrected chi connectivity index (χ2v) is 13.0. The van der Waals surface area contributed by atoms with E-state index in [9.17, 15) is 30.0 Å². The molecule has 5 unspecified atom stereocenters. The van der Waals surface area contributed by atoms with Crippen LogP contribution in [0.15, 0.2) is 0 Å². The molecule has 3 saturated heterocycles. The van der Waals surface area contributed by atoms with Crippen LogP contribution >= 0.6 is 0 Å². The summed E-state index contributed by atoms with van der Waals surface area (Å²) in [5.41, 5.74) is 6.15. The number of ether oxygens (including phenoxy) is 4. The predicted octanol–water partition coefficient (Wildman–Crippen LogP) is -0.562. The number of amides is 2. The Morgan fingerprint density at radius 3 is 1.25 bits per heavy atom. The van der Waals surface area contributed by atoms with Gasteiger partial charge in [0.1, 0.15) is 11.2 Å². The van der Waals surface area contributed by atoms with E-state index in [0.717, 1.165) is 0 Å². The summed E-state index contributed by atoms with van der Waals surface area (Å²) in [7, 11) is 0. The van der Waals surface area contributed by atoms with E-state index >= 15 is 0 Å². The fraction of sp³-hybridized carbons (Fsp3) is 0.917. The average molecular weight is 519 g/mol. The molecule has 12 nitrogen and oxygen atoms in total. The van der Waals surface area contributed by atoms with E-state index in [1.807, 2.05) is 0 Å². The number of carbonyl (C=O) groups excluding carboxylic acids is 2. The first-order chi connectivity index (χ1) is 16.0. The van der Waals surface area contributed by atoms with E-state index in [2.05, 4.69) is 0 Å². The number of nitrogens with two attached hydrogens (primary N) is 2. The Morgan fingerprint density at radius 2 is 1.03 bits per heavy atom. The molecule has 0 saturated carbocycles. The van der Waals surface area contributed by atoms with Gasteiger partial charge < -0.3 is 50.8 Å². The van der Waals surface area contributed by atoms with Gasteiger partial charge in [0.25, 0.3) is 0 Å². The Bertz CT molecular complexity index is 830. The van der Waals surface area contributed by atoms with Crippen LogP contribution in [0, 0.1) is 22.7 Å². The summed E-state index contributed by atoms with van der Waals surface area (Å²) in [6.45, 7) is 13.4. The fourth-order valence-electron chi connectivity index (χ4n) is 6.16. The molecule has 36 heavy (non-hydrogen) atoms. The van der Waals surface area contributed by atoms with Gasteiger partial charge in [-0.2, -0.15) is 0 Å². The summed E-state index contributed by atoms with van der Waals surface area (Å²) in [5.74, 6) is -8.23. The molecule has 3 fully saturated rings. The van der Waals surface area contributed by atoms with E-state index < -0.39 is 82.0 Å². The molecule has 8 N–H and O–H groups in total. The number of carbonyl (C=O) groups is 2. The number of rotatable bonds is 4. The second-order valence-electron chi connectivity index (χ2n) is 13.0. The summed E-state index contributed by atoms with van der Waals surface area (Å²) >= 11 is 0. The van der Waals surface area contributed by atoms with Gasteiger partial charge >= 0.3 is 0 Å². The Balaban J connectivity index is 2.03. The molecule has 3 aliphatic rings. The lowest BCUT2D eigenvalue weighted by Crippen LogP contribution is -2.84. The molecule has 0 aliphatic carbocycles. The number of hydrogen-bond acceptors (Lipinski definition) is 10. The standard InChI is InChI=1S/C24H42N2O10/c1-19(2,3)13(15(25)27)11-9-21(7)23(31,17(29)33-11)36-22(8)10-12(14(16(26)28)20(4,5)6)34-18(30)24(22,32)35-21/h11-14,17-18,29-32H,9-10H2,1-8H3,(H2,25,27)(H2,26,28)/t11?,12?,13-,14?,17+,18-,21+,22-,23?,24?/m1/s1. The molecule has 10 atom stereocenters. The SMILES string of the molecule is CC(C)(C)C(C(N)=O)C1C[C@@]2(C)OC3(O)[C@@H](O)OC([C@H](C(N)=O)C(C)(C)C)C[C@]3(C)OC2(O)[C@H](O)O1. The smallest absolute Gasteiger partial charge is 0.248 e. The minimum absolute atomic E-state index is 0.230. The first-order valence-electron chi connectivity index (χ1n) is 12.1. The largest absolute Gasteiger partial charge is 0.369 e. The van der Waals surface area contributed by atoms with Crippen LogP contribution in [0.25, 0.3) is 0 Å². The maximum atomic E-state index is 12.3. The highest BCUT2D eigenvalue weighted by atomic mass is 16.8. The highest BCUT2D eigenvalue weighted by Crippen LogP contribution is 2.57. The monoisotopic (exact) mass is 518 g/mol. The van der Waals surface area contributed by atoms with Crippen molar-refractivity contribution in [2.45, 2.75) is 116 Å². The molecule has 0 bridgehead atoms. The van der Waals surface area contributed by atoms with Crippen molar-refractivity contribution in [2.24, 2.45) is 34.1 Å². The minimum atomic E-state index is -2.53. The van der Waals surface area contributed by atoms with Gasteiger partial charge in [-0.1, -0.05) is 41.5 Å². The average Bonchev–Trinajstić information content (AvgIpc) is 2.61. The quantitative estimate of drug-likeness (QED) is 0.280. The van der Waals surface area contributed by atoms with Crippen molar-refractivity contribution in [1.29, 1.82) is 0 Å². The fourth-order valence-corrected chi connectivity index (χ4v) is 6.16. The van der Waals surface area contributed by atoms with Gasteiger partial charge in [-0.3, -0.25) is 9.59 Å². The molecule has 3 heterocycles. The zero-order chi connectivity index (χ0) is 27.9. The topological polar surface area (TPSA) is 204 Å². The summed E-state index contributed by atoms with van der Waals surface area (Å²) in [6.07, 6.45) is -6.53. The Labute approximate surface area is 211 Å². The van der Waals surface area contributed by atoms with Crippen molar-refractivity contribution >= 4 is 11.8 Å². The van der Waals surface area contributed by atoms with Crippen LogP contribution in [0.3, 0.4) is 0 Å². The van der Waals surface area contributed by atoms with Crippen molar-refractivity contribution in [2.75, 3.05) is 0 Å². The van der Waals surface area contributed by atoms with Crippen molar-refractivity contribution in [3.63, 3.8) is 0 Å². The zero-order valence-corrected chi connectivity index (χ0v) is 22.3. The van der Waals surface area contributed by atoms with Crippen LogP contribution < -0.4 is 11.5 Å². The number of aliphatic hydroxyl groups excluding tert-OH is 2. The molecule has 0 aromatic heterocycles. The van der Waals surface area contributed by atoms with Gasteiger partial charge in [0.05, 0.1) is 24.0 Å². The van der Waals surface area contributed by atoms with Crippen LogP contribution in [0.2, 0.25) is 0 Å². The van der Waals surface area contributed by atoms with Crippen molar-refractivity contribution in [3.8, 4) is 0 Å². The first kappa shape index (κ1) is 29.2. The van der Waals surface area contributed by atoms with Gasteiger partial charge in [0, 0.05) is 12.8 Å². The van der Waals surface area contributed by atoms with Gasteiger partial charge in [-0.05, 0) is 24.7 Å². The highest BCUT2D eigenvalue weighted by molar-refractivity contribution is 5.78. The maximum absolute atomic E-state index is 12.3. The van der Waals surface area contributed by atoms with Crippen molar-refractivity contribution in [1.82, 2.24) is 0 Å². The van der Waals surface area contributed by atoms with Gasteiger partial charge in [0.15, 0.2) is 0 Å². The summed E-state index contributed by atoms with van der Waals surface area (Å²) in [4.78, 5) is 24.6. The maximum Gasteiger partial charge on any atom is 0.248 e. The molecule has 0 spiro atoms. The number of fused-ring (bicyclic) bond motifs is 2. The molecule has 0 aromatic carbocycles. The summed E-state index contributed by atoms with van der Waals surface area (Å²) < 4.78 is 23.4. The van der Waals surface area contributed by atoms with E-state index in [4.69, 9.17) is 30.4 Å². The van der Waals surface area contributed by atoms with Gasteiger partial charge in [-0.15, -0.1) is 0 Å². The van der Waals surface area contributed by atoms with E-state index in [-0.39, 0.29) is 12.8 Å². The third-order valence-electron chi connectivity index (χ3n) is 7.96. The molecular formula is C24H42N2O10. The summed E-state index contributed by atoms with van der Waals surface area (Å²) in [6, 6.07) is 0. The number of hydrogen-bond donors (Lipinski definition) is 6. The lowest BCUT2D eigenvalue weighted by molar-refractivity contribution is -0.562. The van der Waals surface area contributed by atoms with Crippen molar-refractivity contribution in [3.05, 3.63) is 0 Å². The molecule has 3 rings (SSSR count). The number of aliphatic hydroxyl groups is 4. The first-order valence-corrected chi connectivity index (χ1v) is 12.1. The van der Waals surface area contributed by atoms with Crippen LogP contribution in [-0.4, -0.2) is 79.8 Å². The minimum Gasteiger partial charge on any atom is -0.369 e. The van der Waals surface area contributed by atoms with Gasteiger partial charge in [-0.25, -0.2) is 0 Å². The van der Waals surface area contributed by atoms with Crippen LogP contribution in [0.4, 0.5) is 0 Å². The normalized spacial score (nSPS) is 45.2. The van der Waals surface area contributed by atoms with Gasteiger partial charge in [0.2, 0.25) is 36.0 Å². The lowest BCUT2D eigenvalue weighted by atomic mass is 9.69. The van der Waals surface area contributed by atoms with Crippen LogP contribution in [0.1, 0.15) is 68.2 Å². The van der Waals surface area contributed by atoms with Crippen LogP contribution in [-0.2, 0) is 28.5 Å². The van der Waals surface area contributed by atoms with E-state index in [1.54, 1.807) is 41.5 Å². The van der Waals surface area contributed by atoms with E-state index in [1.165, 1.54) is 13.8 Å². The summed E-state index contributed by atoms with van der Waals surface area (Å²) in [5, 5.41) is 45.1.